The van der Waals surface area contributed by atoms with Gasteiger partial charge in [-0.05, 0) is 6.42 Å². The third-order valence-electron chi connectivity index (χ3n) is 1.85. The molecule has 3 atom stereocenters. The molecule has 1 fully saturated rings. The highest BCUT2D eigenvalue weighted by molar-refractivity contribution is 5.76. The molecule has 0 radical (unpaired) electrons. The summed E-state index contributed by atoms with van der Waals surface area (Å²) in [6.07, 6.45) is -1.53. The summed E-state index contributed by atoms with van der Waals surface area (Å²) in [5.74, 6) is -0.712. The van der Waals surface area contributed by atoms with E-state index >= 15 is 0 Å². The van der Waals surface area contributed by atoms with Gasteiger partial charge in [-0.1, -0.05) is 6.92 Å². The fraction of sp³-hybridized carbons (Fsp3) is 0.857. The maximum atomic E-state index is 10.7. The lowest BCUT2D eigenvalue weighted by Crippen LogP contribution is -2.44. The van der Waals surface area contributed by atoms with Crippen molar-refractivity contribution in [3.8, 4) is 0 Å². The van der Waals surface area contributed by atoms with Crippen molar-refractivity contribution in [1.29, 1.82) is 0 Å². The van der Waals surface area contributed by atoms with E-state index in [0.717, 1.165) is 0 Å². The Morgan fingerprint density at radius 1 is 1.64 bits per heavy atom. The molecule has 0 unspecified atom stereocenters. The lowest BCUT2D eigenvalue weighted by Gasteiger charge is -2.28. The van der Waals surface area contributed by atoms with Gasteiger partial charge in [0.1, 0.15) is 6.10 Å². The van der Waals surface area contributed by atoms with E-state index in [-0.39, 0.29) is 6.10 Å². The van der Waals surface area contributed by atoms with Crippen LogP contribution in [0.15, 0.2) is 0 Å². The molecule has 1 heterocycles. The fourth-order valence-corrected chi connectivity index (χ4v) is 1.09. The average molecular weight is 160 g/mol. The van der Waals surface area contributed by atoms with Gasteiger partial charge in [-0.15, -0.1) is 0 Å². The molecule has 1 aliphatic rings. The Balaban J connectivity index is 2.54. The number of cyclic esters (lactones) is 1. The quantitative estimate of drug-likeness (QED) is 0.504. The number of carbonyl (C=O) groups excluding carboxylic acids is 1. The second kappa shape index (κ2) is 3.19. The smallest absolute Gasteiger partial charge is 0.337 e. The highest BCUT2D eigenvalue weighted by atomic mass is 16.6. The minimum atomic E-state index is -1.35. The SMILES string of the molecule is CC[C@H]1C[C@H](O)[C@@H](O)C(=O)O1. The lowest BCUT2D eigenvalue weighted by molar-refractivity contribution is -0.179. The number of esters is 1. The number of ether oxygens (including phenoxy) is 1. The molecule has 4 heteroatoms. The van der Waals surface area contributed by atoms with Crippen molar-refractivity contribution < 1.29 is 19.7 Å². The molecule has 64 valence electrons. The zero-order valence-electron chi connectivity index (χ0n) is 6.36. The zero-order chi connectivity index (χ0) is 8.43. The summed E-state index contributed by atoms with van der Waals surface area (Å²) in [7, 11) is 0. The molecule has 4 nitrogen and oxygen atoms in total. The highest BCUT2D eigenvalue weighted by Crippen LogP contribution is 2.17. The Labute approximate surface area is 64.8 Å². The van der Waals surface area contributed by atoms with Crippen LogP contribution in [0.3, 0.4) is 0 Å². The van der Waals surface area contributed by atoms with Gasteiger partial charge in [0.25, 0.3) is 0 Å². The highest BCUT2D eigenvalue weighted by Gasteiger charge is 2.34. The summed E-state index contributed by atoms with van der Waals surface area (Å²) in [4.78, 5) is 10.7. The first-order valence-corrected chi connectivity index (χ1v) is 3.71. The van der Waals surface area contributed by atoms with Crippen molar-refractivity contribution in [2.75, 3.05) is 0 Å². The summed E-state index contributed by atoms with van der Waals surface area (Å²) in [5, 5.41) is 18.0. The molecule has 0 aromatic rings. The summed E-state index contributed by atoms with van der Waals surface area (Å²) >= 11 is 0. The van der Waals surface area contributed by atoms with Gasteiger partial charge >= 0.3 is 5.97 Å². The van der Waals surface area contributed by atoms with Gasteiger partial charge < -0.3 is 14.9 Å². The molecule has 0 aromatic heterocycles. The summed E-state index contributed by atoms with van der Waals surface area (Å²) in [6.45, 7) is 1.86. The Morgan fingerprint density at radius 3 is 2.73 bits per heavy atom. The monoisotopic (exact) mass is 160 g/mol. The molecule has 0 saturated carbocycles. The van der Waals surface area contributed by atoms with E-state index in [4.69, 9.17) is 14.9 Å². The largest absolute Gasteiger partial charge is 0.460 e. The molecule has 11 heavy (non-hydrogen) atoms. The maximum Gasteiger partial charge on any atom is 0.337 e. The molecule has 0 spiro atoms. The van der Waals surface area contributed by atoms with Crippen LogP contribution in [-0.4, -0.2) is 34.5 Å². The van der Waals surface area contributed by atoms with Gasteiger partial charge in [0.15, 0.2) is 6.10 Å². The van der Waals surface area contributed by atoms with Crippen LogP contribution in [0.25, 0.3) is 0 Å². The minimum Gasteiger partial charge on any atom is -0.460 e. The van der Waals surface area contributed by atoms with Crippen LogP contribution >= 0.6 is 0 Å². The third kappa shape index (κ3) is 1.70. The van der Waals surface area contributed by atoms with Crippen molar-refractivity contribution in [1.82, 2.24) is 0 Å². The molecular formula is C7H12O4. The molecule has 1 aliphatic heterocycles. The molecule has 2 N–H and O–H groups in total. The molecule has 0 amide bonds. The van der Waals surface area contributed by atoms with E-state index in [1.807, 2.05) is 6.92 Å². The lowest BCUT2D eigenvalue weighted by atomic mass is 10.0. The van der Waals surface area contributed by atoms with E-state index in [9.17, 15) is 4.79 Å². The van der Waals surface area contributed by atoms with Crippen LogP contribution in [0.4, 0.5) is 0 Å². The van der Waals surface area contributed by atoms with E-state index in [0.29, 0.717) is 12.8 Å². The van der Waals surface area contributed by atoms with Gasteiger partial charge in [-0.2, -0.15) is 0 Å². The Morgan fingerprint density at radius 2 is 2.27 bits per heavy atom. The van der Waals surface area contributed by atoms with E-state index in [1.165, 1.54) is 0 Å². The van der Waals surface area contributed by atoms with Gasteiger partial charge in [-0.3, -0.25) is 0 Å². The molecule has 0 bridgehead atoms. The van der Waals surface area contributed by atoms with Gasteiger partial charge in [0, 0.05) is 6.42 Å². The Hall–Kier alpha value is -0.610. The normalized spacial score (nSPS) is 38.5. The second-order valence-electron chi connectivity index (χ2n) is 2.72. The van der Waals surface area contributed by atoms with E-state index in [1.54, 1.807) is 0 Å². The topological polar surface area (TPSA) is 66.8 Å². The molecule has 0 aromatic carbocycles. The first-order valence-electron chi connectivity index (χ1n) is 3.71. The molecule has 1 rings (SSSR count). The van der Waals surface area contributed by atoms with Crippen LogP contribution < -0.4 is 0 Å². The van der Waals surface area contributed by atoms with Crippen molar-refractivity contribution in [3.05, 3.63) is 0 Å². The predicted molar refractivity (Wildman–Crippen MR) is 36.8 cm³/mol. The number of carbonyl (C=O) groups is 1. The number of aliphatic hydroxyl groups is 2. The zero-order valence-corrected chi connectivity index (χ0v) is 6.36. The number of rotatable bonds is 1. The standard InChI is InChI=1S/C7H12O4/c1-2-4-3-5(8)6(9)7(10)11-4/h4-6,8-9H,2-3H2,1H3/t4-,5-,6+/m0/s1. The van der Waals surface area contributed by atoms with Crippen LogP contribution in [-0.2, 0) is 9.53 Å². The predicted octanol–water partition coefficient (Wildman–Crippen LogP) is -0.566. The number of aliphatic hydroxyl groups excluding tert-OH is 2. The Kier molecular flexibility index (Phi) is 2.46. The second-order valence-corrected chi connectivity index (χ2v) is 2.72. The van der Waals surface area contributed by atoms with Crippen LogP contribution in [0.2, 0.25) is 0 Å². The van der Waals surface area contributed by atoms with Crippen LogP contribution in [0.1, 0.15) is 19.8 Å². The van der Waals surface area contributed by atoms with Crippen LogP contribution in [0.5, 0.6) is 0 Å². The average Bonchev–Trinajstić information content (AvgIpc) is 1.99. The number of hydrogen-bond acceptors (Lipinski definition) is 4. The molecular weight excluding hydrogens is 148 g/mol. The van der Waals surface area contributed by atoms with Crippen molar-refractivity contribution in [2.24, 2.45) is 0 Å². The summed E-state index contributed by atoms with van der Waals surface area (Å²) in [5.41, 5.74) is 0. The van der Waals surface area contributed by atoms with Crippen molar-refractivity contribution in [3.63, 3.8) is 0 Å². The molecule has 1 saturated heterocycles. The third-order valence-corrected chi connectivity index (χ3v) is 1.85. The van der Waals surface area contributed by atoms with Crippen LogP contribution in [0, 0.1) is 0 Å². The minimum absolute atomic E-state index is 0.235. The van der Waals surface area contributed by atoms with Gasteiger partial charge in [-0.25, -0.2) is 4.79 Å². The first kappa shape index (κ1) is 8.49. The summed E-state index contributed by atoms with van der Waals surface area (Å²) < 4.78 is 4.77. The van der Waals surface area contributed by atoms with Crippen molar-refractivity contribution in [2.45, 2.75) is 38.1 Å². The number of hydrogen-bond donors (Lipinski definition) is 2. The first-order chi connectivity index (χ1) is 5.15. The summed E-state index contributed by atoms with van der Waals surface area (Å²) in [6, 6.07) is 0. The van der Waals surface area contributed by atoms with E-state index < -0.39 is 18.2 Å². The van der Waals surface area contributed by atoms with Gasteiger partial charge in [0.05, 0.1) is 6.10 Å². The van der Waals surface area contributed by atoms with E-state index in [2.05, 4.69) is 0 Å². The molecule has 0 aliphatic carbocycles. The van der Waals surface area contributed by atoms with Gasteiger partial charge in [0.2, 0.25) is 0 Å². The Bertz CT molecular complexity index is 157. The maximum absolute atomic E-state index is 10.7. The van der Waals surface area contributed by atoms with Crippen molar-refractivity contribution >= 4 is 5.97 Å². The fourth-order valence-electron chi connectivity index (χ4n) is 1.09.